The van der Waals surface area contributed by atoms with Crippen LogP contribution in [0.1, 0.15) is 63.4 Å². The van der Waals surface area contributed by atoms with Crippen LogP contribution in [0.4, 0.5) is 0 Å². The fraction of sp³-hybridized carbons (Fsp3) is 0.355. The summed E-state index contributed by atoms with van der Waals surface area (Å²) in [5.41, 5.74) is 20.2. The molecule has 0 N–H and O–H groups in total. The van der Waals surface area contributed by atoms with Crippen molar-refractivity contribution in [1.29, 1.82) is 0 Å². The maximum atomic E-state index is 2.55. The maximum absolute atomic E-state index is 2.55. The predicted molar refractivity (Wildman–Crippen MR) is 142 cm³/mol. The van der Waals surface area contributed by atoms with Crippen LogP contribution in [0.2, 0.25) is 13.1 Å². The summed E-state index contributed by atoms with van der Waals surface area (Å²) in [6.07, 6.45) is 6.25. The normalized spacial score (nSPS) is 17.0. The molecule has 0 aromatic heterocycles. The van der Waals surface area contributed by atoms with Gasteiger partial charge in [0.05, 0.1) is 8.80 Å². The van der Waals surface area contributed by atoms with Gasteiger partial charge in [0, 0.05) is 0 Å². The molecule has 1 radical (unpaired) electrons. The van der Waals surface area contributed by atoms with Gasteiger partial charge in [0.25, 0.3) is 0 Å². The van der Waals surface area contributed by atoms with E-state index in [2.05, 4.69) is 90.2 Å². The zero-order valence-corrected chi connectivity index (χ0v) is 21.7. The molecule has 1 atom stereocenters. The van der Waals surface area contributed by atoms with Crippen molar-refractivity contribution < 1.29 is 0 Å². The molecule has 32 heavy (non-hydrogen) atoms. The molecule has 0 bridgehead atoms. The molecular weight excluding hydrogens is 400 g/mol. The summed E-state index contributed by atoms with van der Waals surface area (Å²) in [6, 6.07) is 14.1. The minimum Gasteiger partial charge on any atom is -0.0705 e. The number of aryl methyl sites for hydroxylation is 4. The third-order valence-corrected chi connectivity index (χ3v) is 9.54. The van der Waals surface area contributed by atoms with Crippen molar-refractivity contribution >= 4 is 14.9 Å². The number of hydrogen-bond donors (Lipinski definition) is 0. The highest BCUT2D eigenvalue weighted by Gasteiger charge is 2.36. The van der Waals surface area contributed by atoms with Gasteiger partial charge in [-0.1, -0.05) is 72.3 Å². The summed E-state index contributed by atoms with van der Waals surface area (Å²) in [5, 5.41) is 0. The topological polar surface area (TPSA) is 0 Å². The molecule has 0 spiro atoms. The van der Waals surface area contributed by atoms with E-state index >= 15 is 0 Å². The van der Waals surface area contributed by atoms with E-state index in [1.807, 2.05) is 0 Å². The van der Waals surface area contributed by atoms with Gasteiger partial charge in [0.1, 0.15) is 0 Å². The first-order valence-electron chi connectivity index (χ1n) is 12.1. The highest BCUT2D eigenvalue weighted by Crippen LogP contribution is 2.53. The van der Waals surface area contributed by atoms with Crippen LogP contribution in [-0.2, 0) is 12.8 Å². The molecule has 163 valence electrons. The van der Waals surface area contributed by atoms with Gasteiger partial charge in [-0.2, -0.15) is 0 Å². The van der Waals surface area contributed by atoms with Crippen molar-refractivity contribution in [3.63, 3.8) is 0 Å². The Morgan fingerprint density at radius 2 is 1.25 bits per heavy atom. The molecule has 0 saturated heterocycles. The second-order valence-electron chi connectivity index (χ2n) is 10.4. The van der Waals surface area contributed by atoms with Gasteiger partial charge in [-0.3, -0.25) is 0 Å². The smallest absolute Gasteiger partial charge is 0.0552 e. The van der Waals surface area contributed by atoms with Crippen LogP contribution in [0.15, 0.2) is 42.0 Å². The number of benzene rings is 3. The Morgan fingerprint density at radius 1 is 0.719 bits per heavy atom. The fourth-order valence-corrected chi connectivity index (χ4v) is 8.30. The molecule has 0 amide bonds. The van der Waals surface area contributed by atoms with Crippen LogP contribution < -0.4 is 0 Å². The summed E-state index contributed by atoms with van der Waals surface area (Å²) < 4.78 is 0. The Bertz CT molecular complexity index is 1270. The Hall–Kier alpha value is -2.38. The first kappa shape index (κ1) is 21.5. The summed E-state index contributed by atoms with van der Waals surface area (Å²) in [6.45, 7) is 16.4. The van der Waals surface area contributed by atoms with Gasteiger partial charge in [-0.05, 0) is 115 Å². The largest absolute Gasteiger partial charge is 0.0705 e. The zero-order chi connectivity index (χ0) is 22.7. The van der Waals surface area contributed by atoms with Crippen LogP contribution in [-0.4, -0.2) is 8.80 Å². The molecule has 0 saturated carbocycles. The Morgan fingerprint density at radius 3 is 1.78 bits per heavy atom. The number of rotatable bonds is 3. The zero-order valence-electron chi connectivity index (χ0n) is 20.7. The van der Waals surface area contributed by atoms with Crippen molar-refractivity contribution in [2.24, 2.45) is 0 Å². The molecule has 0 nitrogen and oxygen atoms in total. The van der Waals surface area contributed by atoms with E-state index in [9.17, 15) is 0 Å². The molecule has 0 fully saturated rings. The van der Waals surface area contributed by atoms with E-state index in [1.54, 1.807) is 33.4 Å². The summed E-state index contributed by atoms with van der Waals surface area (Å²) >= 11 is 0. The molecule has 1 unspecified atom stereocenters. The molecule has 0 heterocycles. The minimum absolute atomic E-state index is 0.522. The van der Waals surface area contributed by atoms with Gasteiger partial charge in [0.2, 0.25) is 0 Å². The molecule has 1 heteroatoms. The third-order valence-electron chi connectivity index (χ3n) is 7.65. The van der Waals surface area contributed by atoms with E-state index in [0.29, 0.717) is 5.54 Å². The van der Waals surface area contributed by atoms with Crippen molar-refractivity contribution in [1.82, 2.24) is 0 Å². The van der Waals surface area contributed by atoms with Crippen molar-refractivity contribution in [2.75, 3.05) is 0 Å². The van der Waals surface area contributed by atoms with E-state index in [1.165, 1.54) is 58.2 Å². The van der Waals surface area contributed by atoms with Gasteiger partial charge in [-0.25, -0.2) is 0 Å². The van der Waals surface area contributed by atoms with Gasteiger partial charge < -0.3 is 0 Å². The van der Waals surface area contributed by atoms with Crippen LogP contribution in [0, 0.1) is 27.7 Å². The Kier molecular flexibility index (Phi) is 5.29. The number of allylic oxidation sites excluding steroid dienone is 1. The molecule has 2 aliphatic rings. The standard InChI is InChI=1S/C31H35Si/c1-18-11-13-23(20(3)15-18)28-25-9-8-10-26(25)29(24-14-12-19(2)16-21(24)4)30-27(28)17-22(5)31(30)32(6)7/h11-17,31H,8-10H2,1-7H3. The molecule has 2 aliphatic carbocycles. The number of hydrogen-bond acceptors (Lipinski definition) is 0. The second kappa shape index (κ2) is 7.88. The van der Waals surface area contributed by atoms with E-state index < -0.39 is 8.80 Å². The lowest BCUT2D eigenvalue weighted by atomic mass is 9.81. The first-order chi connectivity index (χ1) is 15.3. The summed E-state index contributed by atoms with van der Waals surface area (Å²) in [4.78, 5) is 0. The summed E-state index contributed by atoms with van der Waals surface area (Å²) in [5.74, 6) is 0. The average molecular weight is 436 g/mol. The lowest BCUT2D eigenvalue weighted by Crippen LogP contribution is -2.17. The van der Waals surface area contributed by atoms with E-state index in [-0.39, 0.29) is 0 Å². The SMILES string of the molecule is CC1=Cc2c(-c3ccc(C)cc3C)c3c(c(-c4ccc(C)cc4C)c2C1[Si](C)C)CCC3. The van der Waals surface area contributed by atoms with Crippen molar-refractivity contribution in [3.05, 3.63) is 86.5 Å². The third kappa shape index (κ3) is 3.25. The molecule has 3 aromatic rings. The molecule has 5 rings (SSSR count). The highest BCUT2D eigenvalue weighted by molar-refractivity contribution is 6.59. The van der Waals surface area contributed by atoms with Gasteiger partial charge in [-0.15, -0.1) is 0 Å². The fourth-order valence-electron chi connectivity index (χ4n) is 6.43. The molecular formula is C31H35Si. The summed E-state index contributed by atoms with van der Waals surface area (Å²) in [7, 11) is -0.522. The molecule has 3 aromatic carbocycles. The Labute approximate surface area is 196 Å². The lowest BCUT2D eigenvalue weighted by molar-refractivity contribution is 0.912. The average Bonchev–Trinajstić information content (AvgIpc) is 3.32. The molecule has 0 aliphatic heterocycles. The number of fused-ring (bicyclic) bond motifs is 2. The van der Waals surface area contributed by atoms with Gasteiger partial charge >= 0.3 is 0 Å². The minimum atomic E-state index is -0.522. The quantitative estimate of drug-likeness (QED) is 0.362. The second-order valence-corrected chi connectivity index (χ2v) is 13.2. The van der Waals surface area contributed by atoms with Crippen molar-refractivity contribution in [2.45, 2.75) is 72.5 Å². The maximum Gasteiger partial charge on any atom is 0.0552 e. The Balaban J connectivity index is 1.92. The first-order valence-corrected chi connectivity index (χ1v) is 14.7. The van der Waals surface area contributed by atoms with Gasteiger partial charge in [0.15, 0.2) is 0 Å². The predicted octanol–water partition coefficient (Wildman–Crippen LogP) is 8.54. The van der Waals surface area contributed by atoms with Crippen LogP contribution in [0.3, 0.4) is 0 Å². The van der Waals surface area contributed by atoms with Crippen LogP contribution in [0.25, 0.3) is 28.3 Å². The lowest BCUT2D eigenvalue weighted by Gasteiger charge is -2.27. The monoisotopic (exact) mass is 435 g/mol. The van der Waals surface area contributed by atoms with Crippen LogP contribution >= 0.6 is 0 Å². The van der Waals surface area contributed by atoms with Crippen molar-refractivity contribution in [3.8, 4) is 22.3 Å². The van der Waals surface area contributed by atoms with Crippen LogP contribution in [0.5, 0.6) is 0 Å². The highest BCUT2D eigenvalue weighted by atomic mass is 28.3. The van der Waals surface area contributed by atoms with E-state index in [0.717, 1.165) is 0 Å². The van der Waals surface area contributed by atoms with E-state index in [4.69, 9.17) is 0 Å².